The zero-order valence-electron chi connectivity index (χ0n) is 20.2. The molecule has 0 bridgehead atoms. The van der Waals surface area contributed by atoms with Gasteiger partial charge in [0.25, 0.3) is 0 Å². The first-order valence-electron chi connectivity index (χ1n) is 12.0. The van der Waals surface area contributed by atoms with Gasteiger partial charge in [0.1, 0.15) is 5.28 Å². The topological polar surface area (TPSA) is 3.24 Å². The highest BCUT2D eigenvalue weighted by Crippen LogP contribution is 2.56. The summed E-state index contributed by atoms with van der Waals surface area (Å²) < 4.78 is 2.63. The van der Waals surface area contributed by atoms with E-state index in [4.69, 9.17) is 0 Å². The third-order valence-electron chi connectivity index (χ3n) is 6.28. The average Bonchev–Trinajstić information content (AvgIpc) is 2.97. The van der Waals surface area contributed by atoms with Crippen LogP contribution in [0.3, 0.4) is 0 Å². The van der Waals surface area contributed by atoms with Gasteiger partial charge in [0.2, 0.25) is 0 Å². The van der Waals surface area contributed by atoms with E-state index >= 15 is 0 Å². The highest BCUT2D eigenvalue weighted by atomic mass is 32.2. The summed E-state index contributed by atoms with van der Waals surface area (Å²) in [5.41, 5.74) is 3.65. The summed E-state index contributed by atoms with van der Waals surface area (Å²) in [6.07, 6.45) is 2.13. The fraction of sp³-hybridized carbons (Fsp3) is 0.0625. The van der Waals surface area contributed by atoms with Crippen LogP contribution in [0.1, 0.15) is 11.1 Å². The fourth-order valence-corrected chi connectivity index (χ4v) is 8.38. The van der Waals surface area contributed by atoms with Crippen molar-refractivity contribution >= 4 is 45.4 Å². The number of thioether (sulfide) groups is 1. The van der Waals surface area contributed by atoms with E-state index in [-0.39, 0.29) is 0 Å². The Labute approximate surface area is 222 Å². The third-order valence-corrected chi connectivity index (χ3v) is 10.7. The zero-order chi connectivity index (χ0) is 24.8. The normalized spacial score (nSPS) is 11.4. The van der Waals surface area contributed by atoms with Crippen LogP contribution in [0.25, 0.3) is 0 Å². The van der Waals surface area contributed by atoms with Crippen LogP contribution in [-0.4, -0.2) is 6.26 Å². The van der Waals surface area contributed by atoms with Crippen molar-refractivity contribution in [2.24, 2.45) is 0 Å². The summed E-state index contributed by atoms with van der Waals surface area (Å²) in [5, 5.41) is 2.12. The molecule has 5 aromatic rings. The van der Waals surface area contributed by atoms with Crippen LogP contribution in [0.4, 0.5) is 5.69 Å². The van der Waals surface area contributed by atoms with Gasteiger partial charge in [-0.1, -0.05) is 131 Å². The van der Waals surface area contributed by atoms with Crippen LogP contribution >= 0.6 is 29.1 Å². The zero-order valence-corrected chi connectivity index (χ0v) is 23.1. The van der Waals surface area contributed by atoms with Crippen molar-refractivity contribution in [1.29, 1.82) is 0 Å². The molecule has 0 aliphatic rings. The summed E-state index contributed by atoms with van der Waals surface area (Å²) in [6, 6.07) is 52.6. The Kier molecular flexibility index (Phi) is 7.88. The molecular formula is C32H29NP2S. The molecule has 0 spiro atoms. The Morgan fingerprint density at radius 3 is 1.33 bits per heavy atom. The SMILES string of the molecule is CSc1ccc(N(P(c2ccccc2)c2ccccc2)C(P)(c2ccccc2)c2ccccc2)cc1. The predicted octanol–water partition coefficient (Wildman–Crippen LogP) is 8.04. The van der Waals surface area contributed by atoms with E-state index < -0.39 is 13.4 Å². The molecular weight excluding hydrogens is 492 g/mol. The Hall–Kier alpha value is -2.89. The summed E-state index contributed by atoms with van der Waals surface area (Å²) in [4.78, 5) is 1.26. The Morgan fingerprint density at radius 1 is 0.556 bits per heavy atom. The third kappa shape index (κ3) is 5.00. The lowest BCUT2D eigenvalue weighted by Crippen LogP contribution is -2.43. The minimum Gasteiger partial charge on any atom is -0.325 e. The number of benzene rings is 5. The second kappa shape index (κ2) is 11.4. The lowest BCUT2D eigenvalue weighted by Gasteiger charge is -2.48. The van der Waals surface area contributed by atoms with E-state index in [0.29, 0.717) is 0 Å². The monoisotopic (exact) mass is 521 g/mol. The van der Waals surface area contributed by atoms with Crippen LogP contribution in [0.5, 0.6) is 0 Å². The molecule has 1 unspecified atom stereocenters. The van der Waals surface area contributed by atoms with Crippen LogP contribution in [0.15, 0.2) is 150 Å². The molecule has 178 valence electrons. The first-order chi connectivity index (χ1) is 17.7. The van der Waals surface area contributed by atoms with Crippen molar-refractivity contribution < 1.29 is 0 Å². The standard InChI is InChI=1S/C32H29NP2S/c1-36-31-24-22-28(23-25-31)33(35(29-18-10-4-11-19-29)30-20-12-5-13-21-30)32(34,26-14-6-2-7-15-26)27-16-8-3-9-17-27/h2-25H,34H2,1H3. The number of hydrogen-bond acceptors (Lipinski definition) is 2. The highest BCUT2D eigenvalue weighted by Gasteiger charge is 2.41. The van der Waals surface area contributed by atoms with Crippen molar-refractivity contribution in [3.05, 3.63) is 157 Å². The van der Waals surface area contributed by atoms with Crippen LogP contribution < -0.4 is 15.3 Å². The van der Waals surface area contributed by atoms with E-state index in [1.165, 1.54) is 32.3 Å². The van der Waals surface area contributed by atoms with Crippen molar-refractivity contribution in [3.8, 4) is 0 Å². The lowest BCUT2D eigenvalue weighted by molar-refractivity contribution is 0.791. The largest absolute Gasteiger partial charge is 0.325 e. The number of hydrogen-bond donors (Lipinski definition) is 0. The van der Waals surface area contributed by atoms with Gasteiger partial charge in [0, 0.05) is 21.2 Å². The van der Waals surface area contributed by atoms with E-state index in [1.54, 1.807) is 11.8 Å². The minimum atomic E-state index is -0.934. The predicted molar refractivity (Wildman–Crippen MR) is 163 cm³/mol. The maximum Gasteiger partial charge on any atom is 0.108 e. The molecule has 1 nitrogen and oxygen atoms in total. The van der Waals surface area contributed by atoms with Gasteiger partial charge in [-0.2, -0.15) is 0 Å². The first kappa shape index (κ1) is 24.8. The number of nitrogens with zero attached hydrogens (tertiary/aromatic N) is 1. The van der Waals surface area contributed by atoms with E-state index in [9.17, 15) is 0 Å². The molecule has 0 heterocycles. The van der Waals surface area contributed by atoms with Gasteiger partial charge in [0.15, 0.2) is 0 Å². The van der Waals surface area contributed by atoms with Crippen LogP contribution in [0.2, 0.25) is 0 Å². The van der Waals surface area contributed by atoms with E-state index in [1.807, 2.05) is 0 Å². The van der Waals surface area contributed by atoms with Crippen molar-refractivity contribution in [2.75, 3.05) is 10.9 Å². The molecule has 4 heteroatoms. The van der Waals surface area contributed by atoms with Gasteiger partial charge in [-0.05, 0) is 41.6 Å². The maximum absolute atomic E-state index is 3.26. The molecule has 0 saturated heterocycles. The lowest BCUT2D eigenvalue weighted by atomic mass is 9.97. The van der Waals surface area contributed by atoms with Gasteiger partial charge in [0.05, 0.1) is 8.07 Å². The van der Waals surface area contributed by atoms with Gasteiger partial charge in [-0.15, -0.1) is 11.8 Å². The van der Waals surface area contributed by atoms with Gasteiger partial charge < -0.3 is 4.67 Å². The molecule has 5 aromatic carbocycles. The summed E-state index contributed by atoms with van der Waals surface area (Å²) in [6.45, 7) is 0. The first-order valence-corrected chi connectivity index (χ1v) is 15.1. The van der Waals surface area contributed by atoms with E-state index in [2.05, 4.69) is 166 Å². The summed E-state index contributed by atoms with van der Waals surface area (Å²) in [7, 11) is 2.33. The quantitative estimate of drug-likeness (QED) is 0.150. The Morgan fingerprint density at radius 2 is 0.944 bits per heavy atom. The molecule has 1 atom stereocenters. The van der Waals surface area contributed by atoms with Crippen LogP contribution in [-0.2, 0) is 5.28 Å². The van der Waals surface area contributed by atoms with Crippen LogP contribution in [0, 0.1) is 0 Å². The fourth-order valence-electron chi connectivity index (χ4n) is 4.51. The highest BCUT2D eigenvalue weighted by molar-refractivity contribution is 7.98. The summed E-state index contributed by atoms with van der Waals surface area (Å²) in [5.74, 6) is 0. The molecule has 0 radical (unpaired) electrons. The molecule has 0 fully saturated rings. The molecule has 0 saturated carbocycles. The van der Waals surface area contributed by atoms with Crippen molar-refractivity contribution in [2.45, 2.75) is 10.2 Å². The number of rotatable bonds is 8. The summed E-state index contributed by atoms with van der Waals surface area (Å²) >= 11 is 1.77. The van der Waals surface area contributed by atoms with Gasteiger partial charge in [-0.3, -0.25) is 0 Å². The molecule has 0 aliphatic heterocycles. The van der Waals surface area contributed by atoms with Crippen molar-refractivity contribution in [1.82, 2.24) is 0 Å². The Balaban J connectivity index is 1.84. The van der Waals surface area contributed by atoms with Gasteiger partial charge >= 0.3 is 0 Å². The minimum absolute atomic E-state index is 0.499. The molecule has 0 amide bonds. The van der Waals surface area contributed by atoms with Gasteiger partial charge in [-0.25, -0.2) is 0 Å². The Bertz CT molecular complexity index is 1280. The smallest absolute Gasteiger partial charge is 0.108 e. The maximum atomic E-state index is 3.26. The molecule has 0 aromatic heterocycles. The molecule has 0 N–H and O–H groups in total. The number of anilines is 1. The molecule has 5 rings (SSSR count). The second-order valence-electron chi connectivity index (χ2n) is 8.49. The second-order valence-corrected chi connectivity index (χ2v) is 12.3. The molecule has 0 aliphatic carbocycles. The van der Waals surface area contributed by atoms with Crippen molar-refractivity contribution in [3.63, 3.8) is 0 Å². The molecule has 36 heavy (non-hydrogen) atoms. The van der Waals surface area contributed by atoms with E-state index in [0.717, 1.165) is 0 Å². The average molecular weight is 522 g/mol.